The Kier molecular flexibility index (Phi) is 12.1. The Bertz CT molecular complexity index is 675. The molecular formula is C22H30O9. The van der Waals surface area contributed by atoms with Crippen molar-refractivity contribution >= 4 is 23.9 Å². The van der Waals surface area contributed by atoms with Gasteiger partial charge in [0.15, 0.2) is 0 Å². The Morgan fingerprint density at radius 3 is 1.42 bits per heavy atom. The minimum Gasteiger partial charge on any atom is -0.481 e. The van der Waals surface area contributed by atoms with Gasteiger partial charge in [-0.2, -0.15) is 0 Å². The van der Waals surface area contributed by atoms with Gasteiger partial charge in [-0.15, -0.1) is 0 Å². The molecule has 31 heavy (non-hydrogen) atoms. The summed E-state index contributed by atoms with van der Waals surface area (Å²) in [7, 11) is 0. The van der Waals surface area contributed by atoms with Crippen LogP contribution >= 0.6 is 0 Å². The van der Waals surface area contributed by atoms with Gasteiger partial charge in [0.1, 0.15) is 0 Å². The van der Waals surface area contributed by atoms with E-state index in [1.165, 1.54) is 0 Å². The molecule has 1 aromatic rings. The topological polar surface area (TPSA) is 158 Å². The number of fused-ring (bicyclic) bond motifs is 1. The van der Waals surface area contributed by atoms with Crippen molar-refractivity contribution < 1.29 is 44.3 Å². The Morgan fingerprint density at radius 2 is 1.13 bits per heavy atom. The van der Waals surface area contributed by atoms with Gasteiger partial charge in [0.25, 0.3) is 0 Å². The average Bonchev–Trinajstić information content (AvgIpc) is 3.06. The third kappa shape index (κ3) is 10.2. The van der Waals surface area contributed by atoms with E-state index in [0.29, 0.717) is 49.0 Å². The standard InChI is InChI=1S/C8H4O3.C8H16O2.C6H10O4/c9-7-5-3-1-2-4-6(5)8(10)11-7;9-5-7-1-2-8(6-10)4-3-7;7-5(8)3-1-2-4-6(9)10/h1-4H;7-10H,1-6H2;1-4H2,(H,7,8)(H,9,10). The number of aliphatic hydroxyl groups is 2. The molecule has 1 fully saturated rings. The number of esters is 2. The summed E-state index contributed by atoms with van der Waals surface area (Å²) in [6, 6.07) is 6.53. The maximum atomic E-state index is 10.8. The molecule has 0 spiro atoms. The van der Waals surface area contributed by atoms with Crippen molar-refractivity contribution in [3.05, 3.63) is 35.4 Å². The second-order valence-electron chi connectivity index (χ2n) is 7.47. The first kappa shape index (κ1) is 26.3. The maximum absolute atomic E-state index is 10.8. The van der Waals surface area contributed by atoms with Gasteiger partial charge in [-0.05, 0) is 62.5 Å². The summed E-state index contributed by atoms with van der Waals surface area (Å²) in [6.45, 7) is 0.663. The number of carboxylic acids is 2. The number of hydrogen-bond acceptors (Lipinski definition) is 7. The number of carbonyl (C=O) groups is 4. The lowest BCUT2D eigenvalue weighted by molar-refractivity contribution is -0.139. The lowest BCUT2D eigenvalue weighted by Crippen LogP contribution is -2.19. The highest BCUT2D eigenvalue weighted by Gasteiger charge is 2.28. The summed E-state index contributed by atoms with van der Waals surface area (Å²) in [5, 5.41) is 33.8. The molecule has 1 aromatic carbocycles. The van der Waals surface area contributed by atoms with E-state index < -0.39 is 23.9 Å². The third-order valence-electron chi connectivity index (χ3n) is 5.07. The quantitative estimate of drug-likeness (QED) is 0.285. The molecular weight excluding hydrogens is 408 g/mol. The number of carbonyl (C=O) groups excluding carboxylic acids is 2. The van der Waals surface area contributed by atoms with Gasteiger partial charge in [-0.1, -0.05) is 12.1 Å². The predicted octanol–water partition coefficient (Wildman–Crippen LogP) is 2.49. The minimum absolute atomic E-state index is 0.0628. The molecule has 0 atom stereocenters. The van der Waals surface area contributed by atoms with E-state index in [2.05, 4.69) is 4.74 Å². The molecule has 0 amide bonds. The first-order valence-corrected chi connectivity index (χ1v) is 10.3. The molecule has 0 unspecified atom stereocenters. The smallest absolute Gasteiger partial charge is 0.346 e. The van der Waals surface area contributed by atoms with Crippen molar-refractivity contribution in [2.75, 3.05) is 13.2 Å². The monoisotopic (exact) mass is 438 g/mol. The van der Waals surface area contributed by atoms with E-state index in [1.54, 1.807) is 24.3 Å². The first-order chi connectivity index (χ1) is 14.8. The molecule has 3 rings (SSSR count). The minimum atomic E-state index is -0.870. The second-order valence-corrected chi connectivity index (χ2v) is 7.47. The predicted molar refractivity (Wildman–Crippen MR) is 110 cm³/mol. The molecule has 0 aromatic heterocycles. The van der Waals surface area contributed by atoms with Gasteiger partial charge in [-0.3, -0.25) is 9.59 Å². The van der Waals surface area contributed by atoms with Crippen LogP contribution in [-0.2, 0) is 14.3 Å². The van der Waals surface area contributed by atoms with Gasteiger partial charge in [0.05, 0.1) is 11.1 Å². The number of rotatable bonds is 7. The zero-order chi connectivity index (χ0) is 23.2. The molecule has 1 aliphatic carbocycles. The summed E-state index contributed by atoms with van der Waals surface area (Å²) >= 11 is 0. The summed E-state index contributed by atoms with van der Waals surface area (Å²) in [4.78, 5) is 41.5. The largest absolute Gasteiger partial charge is 0.481 e. The lowest BCUT2D eigenvalue weighted by atomic mass is 9.83. The molecule has 0 bridgehead atoms. The summed E-state index contributed by atoms with van der Waals surface area (Å²) in [6.07, 6.45) is 5.41. The van der Waals surface area contributed by atoms with E-state index in [4.69, 9.17) is 20.4 Å². The van der Waals surface area contributed by atoms with Crippen LogP contribution in [0.5, 0.6) is 0 Å². The van der Waals surface area contributed by atoms with Crippen molar-refractivity contribution in [3.8, 4) is 0 Å². The Morgan fingerprint density at radius 1 is 0.774 bits per heavy atom. The highest BCUT2D eigenvalue weighted by Crippen LogP contribution is 2.27. The SMILES string of the molecule is O=C(O)CCCCC(=O)O.O=C1OC(=O)c2ccccc21.OCC1CCC(CO)CC1. The van der Waals surface area contributed by atoms with Crippen molar-refractivity contribution in [1.82, 2.24) is 0 Å². The fourth-order valence-corrected chi connectivity index (χ4v) is 3.18. The van der Waals surface area contributed by atoms with Gasteiger partial charge in [0, 0.05) is 26.1 Å². The molecule has 2 aliphatic rings. The van der Waals surface area contributed by atoms with Crippen molar-refractivity contribution in [3.63, 3.8) is 0 Å². The number of aliphatic carboxylic acids is 2. The number of benzene rings is 1. The molecule has 9 heteroatoms. The van der Waals surface area contributed by atoms with Crippen molar-refractivity contribution in [1.29, 1.82) is 0 Å². The van der Waals surface area contributed by atoms with E-state index in [1.807, 2.05) is 0 Å². The van der Waals surface area contributed by atoms with Gasteiger partial charge >= 0.3 is 23.9 Å². The van der Waals surface area contributed by atoms with E-state index >= 15 is 0 Å². The normalized spacial score (nSPS) is 19.2. The summed E-state index contributed by atoms with van der Waals surface area (Å²) in [5.74, 6) is -1.81. The van der Waals surface area contributed by atoms with Crippen molar-refractivity contribution in [2.24, 2.45) is 11.8 Å². The van der Waals surface area contributed by atoms with Crippen LogP contribution in [0.25, 0.3) is 0 Å². The molecule has 4 N–H and O–H groups in total. The third-order valence-corrected chi connectivity index (χ3v) is 5.07. The van der Waals surface area contributed by atoms with Crippen molar-refractivity contribution in [2.45, 2.75) is 51.4 Å². The fourth-order valence-electron chi connectivity index (χ4n) is 3.18. The zero-order valence-corrected chi connectivity index (χ0v) is 17.4. The Balaban J connectivity index is 0.000000233. The van der Waals surface area contributed by atoms with Gasteiger partial charge < -0.3 is 25.2 Å². The molecule has 9 nitrogen and oxygen atoms in total. The summed E-state index contributed by atoms with van der Waals surface area (Å²) < 4.78 is 4.35. The number of cyclic esters (lactones) is 2. The van der Waals surface area contributed by atoms with E-state index in [-0.39, 0.29) is 12.8 Å². The molecule has 1 aliphatic heterocycles. The lowest BCUT2D eigenvalue weighted by Gasteiger charge is -2.25. The molecule has 0 saturated heterocycles. The molecule has 172 valence electrons. The van der Waals surface area contributed by atoms with Crippen LogP contribution in [0.4, 0.5) is 0 Å². The van der Waals surface area contributed by atoms with Crippen LogP contribution in [0.2, 0.25) is 0 Å². The molecule has 1 saturated carbocycles. The maximum Gasteiger partial charge on any atom is 0.346 e. The number of carboxylic acid groups (broad SMARTS) is 2. The van der Waals surface area contributed by atoms with Crippen LogP contribution in [-0.4, -0.2) is 57.5 Å². The van der Waals surface area contributed by atoms with Crippen LogP contribution in [0.15, 0.2) is 24.3 Å². The van der Waals surface area contributed by atoms with E-state index in [0.717, 1.165) is 25.7 Å². The number of ether oxygens (including phenoxy) is 1. The van der Waals surface area contributed by atoms with Crippen LogP contribution in [0, 0.1) is 11.8 Å². The van der Waals surface area contributed by atoms with Gasteiger partial charge in [-0.25, -0.2) is 9.59 Å². The highest BCUT2D eigenvalue weighted by atomic mass is 16.6. The first-order valence-electron chi connectivity index (χ1n) is 10.3. The van der Waals surface area contributed by atoms with Crippen LogP contribution in [0.1, 0.15) is 72.1 Å². The van der Waals surface area contributed by atoms with Crippen LogP contribution < -0.4 is 0 Å². The van der Waals surface area contributed by atoms with E-state index in [9.17, 15) is 19.2 Å². The van der Waals surface area contributed by atoms with Crippen LogP contribution in [0.3, 0.4) is 0 Å². The number of aliphatic hydroxyl groups excluding tert-OH is 2. The number of hydrogen-bond donors (Lipinski definition) is 4. The number of unbranched alkanes of at least 4 members (excludes halogenated alkanes) is 1. The fraction of sp³-hybridized carbons (Fsp3) is 0.545. The second kappa shape index (κ2) is 14.3. The average molecular weight is 438 g/mol. The Labute approximate surface area is 180 Å². The highest BCUT2D eigenvalue weighted by molar-refractivity contribution is 6.14. The zero-order valence-electron chi connectivity index (χ0n) is 17.4. The Hall–Kier alpha value is -2.78. The van der Waals surface area contributed by atoms with Gasteiger partial charge in [0.2, 0.25) is 0 Å². The molecule has 1 heterocycles. The summed E-state index contributed by atoms with van der Waals surface area (Å²) in [5.41, 5.74) is 0.718. The molecule has 0 radical (unpaired) electrons.